The fourth-order valence-electron chi connectivity index (χ4n) is 10.3. The molecule has 8 aliphatic heterocycles. The van der Waals surface area contributed by atoms with Crippen molar-refractivity contribution in [3.63, 3.8) is 0 Å². The highest BCUT2D eigenvalue weighted by Crippen LogP contribution is 2.37. The second-order valence-electron chi connectivity index (χ2n) is 20.6. The zero-order valence-corrected chi connectivity index (χ0v) is 42.4. The number of rotatable bonds is 20. The summed E-state index contributed by atoms with van der Waals surface area (Å²) in [6.07, 6.45) is -67.6. The normalized spacial score (nSPS) is 53.7. The molecule has 8 saturated heterocycles. The van der Waals surface area contributed by atoms with Crippen LogP contribution in [0.2, 0.25) is 0 Å². The molecule has 37 heteroatoms. The molecule has 22 N–H and O–H groups in total. The molecule has 0 radical (unpaired) electrons. The monoisotopic (exact) mass is 1190 g/mol. The molecular formula is C44H74O37. The van der Waals surface area contributed by atoms with Gasteiger partial charge in [-0.3, -0.25) is 0 Å². The Labute approximate surface area is 457 Å². The van der Waals surface area contributed by atoms with Crippen LogP contribution in [0.25, 0.3) is 0 Å². The van der Waals surface area contributed by atoms with E-state index in [4.69, 9.17) is 71.1 Å². The van der Waals surface area contributed by atoms with Gasteiger partial charge in [-0.1, -0.05) is 0 Å². The Kier molecular flexibility index (Phi) is 22.7. The molecule has 8 heterocycles. The van der Waals surface area contributed by atoms with Crippen LogP contribution < -0.4 is 0 Å². The molecule has 0 spiro atoms. The average Bonchev–Trinajstić information content (AvgIpc) is 3.95. The fraction of sp³-hybridized carbons (Fsp3) is 1.00. The van der Waals surface area contributed by atoms with Gasteiger partial charge in [0.2, 0.25) is 0 Å². The van der Waals surface area contributed by atoms with Crippen LogP contribution in [0.4, 0.5) is 0 Å². The standard InChI is InChI=1S/C44H74O37/c45-1-11-19(53)27(61)38(72-11)80-35-17(51)9(49)5-67-43(35)69-7-15-21(55)22(56)29(63)40(75-15)79-34-16(8-70-44-36(18(52)10(50)6-68-44)81-39-28(62)20(54)12(2-46)73-39)76-42(31(65)25(34)59)78-33-14(4-48)74-41(30(64)24(33)58)77-32-13(3-47)71-37(66)26(60)23(32)57/h9-66H,1-8H2/t9-,10-,11+,12+,13-,14-,15-,16-,17+,18+,19+,20+,21-,22+,23-,24-,25-,26-,27-,28-,29-,30-,31-,32-,33-,34-,35-,36-,37?,38+,39+,40+,41+,42+,43-,44-/m1/s1. The Hall–Kier alpha value is -1.48. The quantitative estimate of drug-likeness (QED) is 0.0538. The summed E-state index contributed by atoms with van der Waals surface area (Å²) in [7, 11) is 0. The summed E-state index contributed by atoms with van der Waals surface area (Å²) < 4.78 is 84.6. The first-order valence-electron chi connectivity index (χ1n) is 25.8. The average molecular weight is 1200 g/mol. The highest BCUT2D eigenvalue weighted by molar-refractivity contribution is 4.99. The minimum atomic E-state index is -2.32. The molecule has 472 valence electrons. The molecule has 0 bridgehead atoms. The molecule has 8 fully saturated rings. The minimum absolute atomic E-state index is 0.574. The van der Waals surface area contributed by atoms with Gasteiger partial charge in [0.1, 0.15) is 171 Å². The summed E-state index contributed by atoms with van der Waals surface area (Å²) in [5.41, 5.74) is 0. The molecule has 0 aromatic heterocycles. The molecule has 0 aromatic carbocycles. The summed E-state index contributed by atoms with van der Waals surface area (Å²) in [6.45, 7) is -6.52. The van der Waals surface area contributed by atoms with Gasteiger partial charge in [0.05, 0.1) is 52.9 Å². The first kappa shape index (κ1) is 65.5. The lowest BCUT2D eigenvalue weighted by Crippen LogP contribution is -2.67. The van der Waals surface area contributed by atoms with E-state index in [-0.39, 0.29) is 0 Å². The molecule has 1 unspecified atom stereocenters. The van der Waals surface area contributed by atoms with Gasteiger partial charge in [-0.2, -0.15) is 0 Å². The zero-order valence-electron chi connectivity index (χ0n) is 42.4. The summed E-state index contributed by atoms with van der Waals surface area (Å²) in [5, 5.41) is 234. The lowest BCUT2D eigenvalue weighted by molar-refractivity contribution is -0.392. The molecule has 0 saturated carbocycles. The molecule has 0 amide bonds. The van der Waals surface area contributed by atoms with Crippen molar-refractivity contribution in [3.8, 4) is 0 Å². The van der Waals surface area contributed by atoms with Crippen LogP contribution in [0.1, 0.15) is 0 Å². The first-order valence-corrected chi connectivity index (χ1v) is 25.8. The number of aliphatic hydroxyl groups excluding tert-OH is 22. The maximum atomic E-state index is 11.9. The molecule has 0 aromatic rings. The highest BCUT2D eigenvalue weighted by Gasteiger charge is 2.57. The SMILES string of the molecule is OC[C@@H]1O[C@@H](O[C@H]2[C@@H](OC[C@H]3O[C@@H](O[C@H]4[C@H](O)[C@@H](O)[C@H](O[C@H]5[C@H](O)[C@@H](O)[C@H](O[C@H]6[C@H](O)[C@@H](O)C(O)O[C@@H]6CO)O[C@@H]5CO)O[C@@H]4CO[C@H]4OC[C@@H](O)[C@H](O)[C@H]4O[C@@H]4O[C@@H](CO)[C@H](O)[C@H]4O)[C@H](O)[C@@H](O)[C@@H]3O)OC[C@@H](O)[C@@H]2O)[C@H](O)[C@H]1O. The topological polar surface area (TPSA) is 584 Å². The number of aliphatic hydroxyl groups is 22. The van der Waals surface area contributed by atoms with E-state index in [0.717, 1.165) is 0 Å². The molecule has 0 aliphatic carbocycles. The van der Waals surface area contributed by atoms with Crippen LogP contribution in [-0.2, 0) is 71.1 Å². The molecule has 8 rings (SSSR count). The second kappa shape index (κ2) is 28.1. The molecule has 81 heavy (non-hydrogen) atoms. The van der Waals surface area contributed by atoms with Crippen molar-refractivity contribution in [2.24, 2.45) is 0 Å². The Bertz CT molecular complexity index is 1920. The Morgan fingerprint density at radius 2 is 0.556 bits per heavy atom. The van der Waals surface area contributed by atoms with Gasteiger partial charge in [0, 0.05) is 0 Å². The van der Waals surface area contributed by atoms with Gasteiger partial charge in [-0.05, 0) is 0 Å². The van der Waals surface area contributed by atoms with Gasteiger partial charge in [-0.15, -0.1) is 0 Å². The number of ether oxygens (including phenoxy) is 15. The lowest BCUT2D eigenvalue weighted by Gasteiger charge is -2.49. The van der Waals surface area contributed by atoms with Crippen molar-refractivity contribution in [2.45, 2.75) is 221 Å². The summed E-state index contributed by atoms with van der Waals surface area (Å²) >= 11 is 0. The lowest BCUT2D eigenvalue weighted by atomic mass is 9.95. The third kappa shape index (κ3) is 13.8. The fourth-order valence-corrected chi connectivity index (χ4v) is 10.3. The first-order chi connectivity index (χ1) is 38.4. The van der Waals surface area contributed by atoms with Crippen LogP contribution in [0, 0.1) is 0 Å². The van der Waals surface area contributed by atoms with Crippen LogP contribution in [0.5, 0.6) is 0 Å². The van der Waals surface area contributed by atoms with Crippen LogP contribution in [0.3, 0.4) is 0 Å². The van der Waals surface area contributed by atoms with Crippen molar-refractivity contribution >= 4 is 0 Å². The Morgan fingerprint density at radius 1 is 0.259 bits per heavy atom. The van der Waals surface area contributed by atoms with Gasteiger partial charge in [0.15, 0.2) is 50.3 Å². The number of hydrogen-bond acceptors (Lipinski definition) is 37. The maximum absolute atomic E-state index is 11.9. The summed E-state index contributed by atoms with van der Waals surface area (Å²) in [4.78, 5) is 0. The second-order valence-corrected chi connectivity index (χ2v) is 20.6. The van der Waals surface area contributed by atoms with Crippen molar-refractivity contribution in [1.82, 2.24) is 0 Å². The van der Waals surface area contributed by atoms with E-state index in [1.54, 1.807) is 0 Å². The number of hydrogen-bond donors (Lipinski definition) is 22. The van der Waals surface area contributed by atoms with Gasteiger partial charge >= 0.3 is 0 Å². The third-order valence-corrected chi connectivity index (χ3v) is 15.1. The Balaban J connectivity index is 1.01. The van der Waals surface area contributed by atoms with E-state index < -0.39 is 274 Å². The molecule has 37 nitrogen and oxygen atoms in total. The highest BCUT2D eigenvalue weighted by atomic mass is 16.8. The predicted octanol–water partition coefficient (Wildman–Crippen LogP) is -15.9. The molecular weight excluding hydrogens is 1120 g/mol. The van der Waals surface area contributed by atoms with E-state index in [0.29, 0.717) is 0 Å². The van der Waals surface area contributed by atoms with Crippen LogP contribution in [0.15, 0.2) is 0 Å². The summed E-state index contributed by atoms with van der Waals surface area (Å²) in [5.74, 6) is 0. The van der Waals surface area contributed by atoms with Crippen molar-refractivity contribution < 1.29 is 183 Å². The van der Waals surface area contributed by atoms with Gasteiger partial charge in [0.25, 0.3) is 0 Å². The smallest absolute Gasteiger partial charge is 0.187 e. The van der Waals surface area contributed by atoms with E-state index in [1.807, 2.05) is 0 Å². The zero-order chi connectivity index (χ0) is 59.0. The Morgan fingerprint density at radius 3 is 0.963 bits per heavy atom. The summed E-state index contributed by atoms with van der Waals surface area (Å²) in [6, 6.07) is 0. The largest absolute Gasteiger partial charge is 0.394 e. The van der Waals surface area contributed by atoms with E-state index in [1.165, 1.54) is 0 Å². The third-order valence-electron chi connectivity index (χ3n) is 15.1. The van der Waals surface area contributed by atoms with Gasteiger partial charge in [-0.25, -0.2) is 0 Å². The predicted molar refractivity (Wildman–Crippen MR) is 240 cm³/mol. The molecule has 8 aliphatic rings. The van der Waals surface area contributed by atoms with Crippen molar-refractivity contribution in [3.05, 3.63) is 0 Å². The van der Waals surface area contributed by atoms with Gasteiger partial charge < -0.3 is 183 Å². The van der Waals surface area contributed by atoms with Crippen LogP contribution >= 0.6 is 0 Å². The van der Waals surface area contributed by atoms with Crippen molar-refractivity contribution in [1.29, 1.82) is 0 Å². The van der Waals surface area contributed by atoms with Crippen LogP contribution in [-0.4, -0.2) is 386 Å². The molecule has 36 atom stereocenters. The van der Waals surface area contributed by atoms with E-state index >= 15 is 0 Å². The van der Waals surface area contributed by atoms with E-state index in [9.17, 15) is 112 Å². The van der Waals surface area contributed by atoms with E-state index in [2.05, 4.69) is 0 Å². The minimum Gasteiger partial charge on any atom is -0.394 e. The van der Waals surface area contributed by atoms with Crippen molar-refractivity contribution in [2.75, 3.05) is 52.9 Å². The maximum Gasteiger partial charge on any atom is 0.187 e.